The van der Waals surface area contributed by atoms with E-state index in [4.69, 9.17) is 23.4 Å². The van der Waals surface area contributed by atoms with Crippen LogP contribution in [0.2, 0.25) is 0 Å². The summed E-state index contributed by atoms with van der Waals surface area (Å²) in [6.07, 6.45) is 4.85. The Kier molecular flexibility index (Phi) is 9.01. The Balaban J connectivity index is 1.36. The van der Waals surface area contributed by atoms with Crippen molar-refractivity contribution in [2.75, 3.05) is 5.75 Å². The van der Waals surface area contributed by atoms with E-state index in [-0.39, 0.29) is 22.4 Å². The van der Waals surface area contributed by atoms with Crippen LogP contribution in [0.3, 0.4) is 0 Å². The van der Waals surface area contributed by atoms with Crippen LogP contribution in [0.4, 0.5) is 0 Å². The second-order valence-corrected chi connectivity index (χ2v) is 11.3. The fraction of sp³-hybridized carbons (Fsp3) is 0.182. The number of esters is 3. The lowest BCUT2D eigenvalue weighted by Gasteiger charge is -2.40. The second kappa shape index (κ2) is 13.6. The Morgan fingerprint density at radius 3 is 1.89 bits per heavy atom. The van der Waals surface area contributed by atoms with E-state index in [2.05, 4.69) is 15.0 Å². The van der Waals surface area contributed by atoms with Crippen LogP contribution < -0.4 is 10.4 Å². The van der Waals surface area contributed by atoms with Gasteiger partial charge >= 0.3 is 23.5 Å². The van der Waals surface area contributed by atoms with E-state index in [0.29, 0.717) is 16.7 Å². The first-order chi connectivity index (χ1) is 22.4. The van der Waals surface area contributed by atoms with Crippen molar-refractivity contribution in [3.8, 4) is 5.75 Å². The van der Waals surface area contributed by atoms with Crippen LogP contribution in [0.1, 0.15) is 36.6 Å². The third-order valence-electron chi connectivity index (χ3n) is 6.99. The van der Waals surface area contributed by atoms with Crippen LogP contribution in [-0.4, -0.2) is 62.4 Å². The smallest absolute Gasteiger partial charge is 0.340 e. The average Bonchev–Trinajstić information content (AvgIpc) is 3.08. The van der Waals surface area contributed by atoms with E-state index in [1.165, 1.54) is 73.2 Å². The summed E-state index contributed by atoms with van der Waals surface area (Å²) in [5.74, 6) is -1.86. The lowest BCUT2D eigenvalue weighted by atomic mass is 10.1. The first kappa shape index (κ1) is 30.5. The largest absolute Gasteiger partial charge is 0.476 e. The number of rotatable bonds is 8. The first-order valence-electron chi connectivity index (χ1n) is 14.0. The number of ether oxygens (including phenoxy) is 4. The monoisotopic (exact) mass is 639 g/mol. The third-order valence-corrected chi connectivity index (χ3v) is 8.21. The molecule has 0 saturated carbocycles. The molecule has 5 aromatic rings. The molecule has 46 heavy (non-hydrogen) atoms. The Bertz CT molecular complexity index is 1920. The minimum atomic E-state index is -1.32. The predicted molar refractivity (Wildman–Crippen MR) is 164 cm³/mol. The molecule has 1 aromatic carbocycles. The van der Waals surface area contributed by atoms with Gasteiger partial charge in [-0.1, -0.05) is 0 Å². The number of aromatic nitrogens is 3. The molecule has 6 rings (SSSR count). The van der Waals surface area contributed by atoms with E-state index in [1.54, 1.807) is 43.3 Å². The van der Waals surface area contributed by atoms with E-state index in [1.807, 2.05) is 0 Å². The van der Waals surface area contributed by atoms with Gasteiger partial charge in [0.25, 0.3) is 0 Å². The molecule has 1 fully saturated rings. The fourth-order valence-corrected chi connectivity index (χ4v) is 5.98. The maximum absolute atomic E-state index is 13.4. The van der Waals surface area contributed by atoms with Crippen molar-refractivity contribution in [2.24, 2.45) is 0 Å². The summed E-state index contributed by atoms with van der Waals surface area (Å²) in [7, 11) is 0. The van der Waals surface area contributed by atoms with Crippen molar-refractivity contribution < 1.29 is 37.7 Å². The van der Waals surface area contributed by atoms with Gasteiger partial charge in [-0.2, -0.15) is 0 Å². The topological polar surface area (TPSA) is 157 Å². The molecular weight excluding hydrogens is 614 g/mol. The van der Waals surface area contributed by atoms with Crippen molar-refractivity contribution in [3.63, 3.8) is 0 Å². The molecule has 13 heteroatoms. The number of hydrogen-bond donors (Lipinski definition) is 0. The van der Waals surface area contributed by atoms with Gasteiger partial charge in [0, 0.05) is 60.5 Å². The number of nitrogens with zero attached hydrogens (tertiary/aromatic N) is 3. The zero-order valence-electron chi connectivity index (χ0n) is 24.2. The molecule has 5 heterocycles. The van der Waals surface area contributed by atoms with Crippen LogP contribution in [0.5, 0.6) is 5.75 Å². The van der Waals surface area contributed by atoms with Gasteiger partial charge in [0.05, 0.1) is 16.7 Å². The molecule has 4 aromatic heterocycles. The zero-order chi connectivity index (χ0) is 32.0. The lowest BCUT2D eigenvalue weighted by Crippen LogP contribution is -2.56. The number of hydrogen-bond acceptors (Lipinski definition) is 13. The number of benzene rings is 1. The molecule has 1 aliphatic heterocycles. The summed E-state index contributed by atoms with van der Waals surface area (Å²) in [6, 6.07) is 15.7. The molecule has 0 spiro atoms. The zero-order valence-corrected chi connectivity index (χ0v) is 25.0. The van der Waals surface area contributed by atoms with E-state index >= 15 is 0 Å². The highest BCUT2D eigenvalue weighted by Gasteiger charge is 2.49. The summed E-state index contributed by atoms with van der Waals surface area (Å²) in [6.45, 7) is 1.79. The van der Waals surface area contributed by atoms with Gasteiger partial charge in [-0.15, -0.1) is 11.8 Å². The van der Waals surface area contributed by atoms with Crippen LogP contribution in [-0.2, 0) is 14.2 Å². The summed E-state index contributed by atoms with van der Waals surface area (Å²) in [5.41, 5.74) is 0.00506. The highest BCUT2D eigenvalue weighted by molar-refractivity contribution is 7.99. The Morgan fingerprint density at radius 1 is 0.761 bits per heavy atom. The van der Waals surface area contributed by atoms with Gasteiger partial charge in [-0.05, 0) is 61.0 Å². The molecule has 1 aliphatic rings. The molecule has 12 nitrogen and oxygen atoms in total. The van der Waals surface area contributed by atoms with Crippen molar-refractivity contribution >= 4 is 40.6 Å². The molecule has 4 atom stereocenters. The first-order valence-corrected chi connectivity index (χ1v) is 15.1. The second-order valence-electron chi connectivity index (χ2n) is 10.1. The van der Waals surface area contributed by atoms with Gasteiger partial charge in [0.2, 0.25) is 0 Å². The van der Waals surface area contributed by atoms with E-state index in [0.717, 1.165) is 5.56 Å². The van der Waals surface area contributed by atoms with Crippen LogP contribution >= 0.6 is 11.8 Å². The van der Waals surface area contributed by atoms with Gasteiger partial charge in [0.1, 0.15) is 11.3 Å². The maximum atomic E-state index is 13.4. The predicted octanol–water partition coefficient (Wildman–Crippen LogP) is 4.41. The average molecular weight is 640 g/mol. The summed E-state index contributed by atoms with van der Waals surface area (Å²) < 4.78 is 29.4. The molecule has 0 unspecified atom stereocenters. The van der Waals surface area contributed by atoms with Gasteiger partial charge in [-0.25, -0.2) is 19.2 Å². The molecule has 0 amide bonds. The van der Waals surface area contributed by atoms with Crippen LogP contribution in [0.15, 0.2) is 107 Å². The van der Waals surface area contributed by atoms with Crippen molar-refractivity contribution in [3.05, 3.63) is 131 Å². The van der Waals surface area contributed by atoms with Gasteiger partial charge in [0.15, 0.2) is 23.7 Å². The highest BCUT2D eigenvalue weighted by atomic mass is 32.2. The van der Waals surface area contributed by atoms with Crippen molar-refractivity contribution in [1.82, 2.24) is 15.0 Å². The molecular formula is C33H25N3O9S. The number of thioether (sulfide) groups is 1. The van der Waals surface area contributed by atoms with Crippen LogP contribution in [0.25, 0.3) is 11.0 Å². The van der Waals surface area contributed by atoms with Crippen molar-refractivity contribution in [2.45, 2.75) is 30.7 Å². The fourth-order valence-electron chi connectivity index (χ4n) is 4.77. The highest BCUT2D eigenvalue weighted by Crippen LogP contribution is 2.36. The maximum Gasteiger partial charge on any atom is 0.340 e. The minimum absolute atomic E-state index is 0.102. The third kappa shape index (κ3) is 6.89. The van der Waals surface area contributed by atoms with Gasteiger partial charge in [-0.3, -0.25) is 15.0 Å². The normalized spacial score (nSPS) is 19.2. The van der Waals surface area contributed by atoms with Crippen LogP contribution in [0, 0.1) is 6.92 Å². The quantitative estimate of drug-likeness (QED) is 0.134. The molecule has 0 aliphatic carbocycles. The number of pyridine rings is 3. The number of fused-ring (bicyclic) bond motifs is 1. The SMILES string of the molecule is Cc1cc(=O)oc2cc(O[C@@H]3SC[C@@H](OC(=O)c4cccnc4)[C@H](OC(=O)c4cccnc4)[C@H]3OC(=O)c3cccnc3)ccc12. The molecule has 1 saturated heterocycles. The standard InChI is InChI=1S/C33H25N3O9S/c1-19-13-27(37)42-25-14-23(8-9-24(19)25)41-33-29(45-32(40)22-7-4-12-36-17-22)28(44-31(39)21-6-3-11-35-16-21)26(18-46-33)43-30(38)20-5-2-10-34-15-20/h2-17,26,28-29,33H,18H2,1H3/t26-,28+,29-,33-/m1/s1. The number of carbonyl (C=O) groups excluding carboxylic acids is 3. The minimum Gasteiger partial charge on any atom is -0.476 e. The summed E-state index contributed by atoms with van der Waals surface area (Å²) in [4.78, 5) is 63.8. The van der Waals surface area contributed by atoms with Crippen molar-refractivity contribution in [1.29, 1.82) is 0 Å². The van der Waals surface area contributed by atoms with E-state index in [9.17, 15) is 19.2 Å². The molecule has 232 valence electrons. The van der Waals surface area contributed by atoms with Gasteiger partial charge < -0.3 is 23.4 Å². The Morgan fingerprint density at radius 2 is 1.33 bits per heavy atom. The van der Waals surface area contributed by atoms with E-state index < -0.39 is 47.3 Å². The summed E-state index contributed by atoms with van der Waals surface area (Å²) in [5, 5.41) is 0.716. The molecule has 0 N–H and O–H groups in total. The lowest BCUT2D eigenvalue weighted by molar-refractivity contribution is -0.101. The number of aryl methyl sites for hydroxylation is 1. The molecule has 0 bridgehead atoms. The Labute approximate surface area is 265 Å². The molecule has 0 radical (unpaired) electrons. The Hall–Kier alpha value is -5.56. The summed E-state index contributed by atoms with van der Waals surface area (Å²) >= 11 is 1.18. The number of carbonyl (C=O) groups is 3.